The van der Waals surface area contributed by atoms with E-state index in [1.54, 1.807) is 12.1 Å². The van der Waals surface area contributed by atoms with Crippen LogP contribution in [0, 0.1) is 11.7 Å². The van der Waals surface area contributed by atoms with Gasteiger partial charge in [-0.25, -0.2) is 9.37 Å². The quantitative estimate of drug-likeness (QED) is 0.640. The Balaban J connectivity index is 1.13. The average molecular weight is 446 g/mol. The second-order valence-electron chi connectivity index (χ2n) is 8.66. The highest BCUT2D eigenvalue weighted by Gasteiger charge is 2.20. The highest BCUT2D eigenvalue weighted by atomic mass is 32.1. The molecule has 1 saturated carbocycles. The van der Waals surface area contributed by atoms with Gasteiger partial charge in [-0.05, 0) is 30.0 Å². The van der Waals surface area contributed by atoms with E-state index in [2.05, 4.69) is 24.5 Å². The lowest BCUT2D eigenvalue weighted by molar-refractivity contribution is -0.121. The number of aromatic nitrogens is 2. The number of hydrogen-bond donors (Lipinski definition) is 1. The Kier molecular flexibility index (Phi) is 7.86. The molecule has 0 unspecified atom stereocenters. The Morgan fingerprint density at radius 2 is 1.87 bits per heavy atom. The molecule has 1 aromatic carbocycles. The predicted octanol–water partition coefficient (Wildman–Crippen LogP) is 3.48. The zero-order valence-corrected chi connectivity index (χ0v) is 18.9. The van der Waals surface area contributed by atoms with E-state index in [9.17, 15) is 9.18 Å². The summed E-state index contributed by atoms with van der Waals surface area (Å²) < 4.78 is 17.5. The molecule has 168 valence electrons. The van der Waals surface area contributed by atoms with E-state index >= 15 is 0 Å². The number of carbonyl (C=O) groups is 1. The van der Waals surface area contributed by atoms with Gasteiger partial charge in [0.2, 0.25) is 11.0 Å². The first-order chi connectivity index (χ1) is 15.2. The van der Waals surface area contributed by atoms with E-state index in [4.69, 9.17) is 0 Å². The molecule has 31 heavy (non-hydrogen) atoms. The summed E-state index contributed by atoms with van der Waals surface area (Å²) in [5, 5.41) is 4.04. The topological polar surface area (TPSA) is 61.4 Å². The van der Waals surface area contributed by atoms with Crippen molar-refractivity contribution in [1.29, 1.82) is 0 Å². The molecule has 2 aromatic rings. The SMILES string of the molecule is O=C(CCC1CCCC1)NCCN1CCN(c2nc(Cc3ccc(F)cc3)ns2)CC1. The molecule has 1 aliphatic carbocycles. The zero-order chi connectivity index (χ0) is 21.5. The van der Waals surface area contributed by atoms with Crippen LogP contribution in [0.4, 0.5) is 9.52 Å². The van der Waals surface area contributed by atoms with Gasteiger partial charge in [0, 0.05) is 63.6 Å². The molecule has 0 radical (unpaired) electrons. The van der Waals surface area contributed by atoms with Crippen LogP contribution in [0.15, 0.2) is 24.3 Å². The lowest BCUT2D eigenvalue weighted by Gasteiger charge is -2.34. The molecular formula is C23H32FN5OS. The van der Waals surface area contributed by atoms with Crippen molar-refractivity contribution in [3.63, 3.8) is 0 Å². The fraction of sp³-hybridized carbons (Fsp3) is 0.609. The predicted molar refractivity (Wildman–Crippen MR) is 122 cm³/mol. The number of benzene rings is 1. The highest BCUT2D eigenvalue weighted by molar-refractivity contribution is 7.09. The number of halogens is 1. The molecule has 0 spiro atoms. The van der Waals surface area contributed by atoms with Crippen LogP contribution in [0.3, 0.4) is 0 Å². The minimum Gasteiger partial charge on any atom is -0.355 e. The van der Waals surface area contributed by atoms with Crippen molar-refractivity contribution in [2.45, 2.75) is 44.9 Å². The number of hydrogen-bond acceptors (Lipinski definition) is 6. The number of piperazine rings is 1. The molecule has 8 heteroatoms. The summed E-state index contributed by atoms with van der Waals surface area (Å²) in [6.07, 6.45) is 7.64. The van der Waals surface area contributed by atoms with Gasteiger partial charge in [-0.3, -0.25) is 9.69 Å². The summed E-state index contributed by atoms with van der Waals surface area (Å²) in [5.41, 5.74) is 1.01. The molecule has 0 bridgehead atoms. The Bertz CT molecular complexity index is 829. The number of rotatable bonds is 9. The standard InChI is InChI=1S/C23H32FN5OS/c24-20-8-5-19(6-9-20)17-21-26-23(31-27-21)29-15-13-28(14-16-29)12-11-25-22(30)10-7-18-3-1-2-4-18/h5-6,8-9,18H,1-4,7,10-17H2,(H,25,30). The third kappa shape index (κ3) is 6.71. The van der Waals surface area contributed by atoms with Crippen LogP contribution in [0.5, 0.6) is 0 Å². The van der Waals surface area contributed by atoms with Crippen LogP contribution < -0.4 is 10.2 Å². The molecular weight excluding hydrogens is 413 g/mol. The van der Waals surface area contributed by atoms with E-state index < -0.39 is 0 Å². The van der Waals surface area contributed by atoms with Gasteiger partial charge in [-0.15, -0.1) is 0 Å². The normalized spacial score (nSPS) is 17.9. The van der Waals surface area contributed by atoms with Crippen molar-refractivity contribution >= 4 is 22.6 Å². The van der Waals surface area contributed by atoms with Crippen molar-refractivity contribution in [1.82, 2.24) is 19.6 Å². The van der Waals surface area contributed by atoms with Crippen LogP contribution in [-0.2, 0) is 11.2 Å². The van der Waals surface area contributed by atoms with E-state index in [1.807, 2.05) is 0 Å². The smallest absolute Gasteiger partial charge is 0.220 e. The molecule has 6 nitrogen and oxygen atoms in total. The van der Waals surface area contributed by atoms with Crippen LogP contribution in [0.25, 0.3) is 0 Å². The molecule has 4 rings (SSSR count). The Morgan fingerprint density at radius 1 is 1.13 bits per heavy atom. The minimum absolute atomic E-state index is 0.202. The third-order valence-corrected chi connectivity index (χ3v) is 7.20. The maximum atomic E-state index is 13.1. The lowest BCUT2D eigenvalue weighted by Crippen LogP contribution is -2.48. The van der Waals surface area contributed by atoms with E-state index in [-0.39, 0.29) is 11.7 Å². The summed E-state index contributed by atoms with van der Waals surface area (Å²) in [4.78, 5) is 21.4. The first-order valence-corrected chi connectivity index (χ1v) is 12.2. The van der Waals surface area contributed by atoms with Crippen molar-refractivity contribution in [3.8, 4) is 0 Å². The van der Waals surface area contributed by atoms with Crippen molar-refractivity contribution < 1.29 is 9.18 Å². The van der Waals surface area contributed by atoms with Gasteiger partial charge >= 0.3 is 0 Å². The van der Waals surface area contributed by atoms with E-state index in [0.717, 1.165) is 68.1 Å². The highest BCUT2D eigenvalue weighted by Crippen LogP contribution is 2.28. The Hall–Kier alpha value is -2.06. The zero-order valence-electron chi connectivity index (χ0n) is 18.1. The second kappa shape index (κ2) is 11.0. The molecule has 2 fully saturated rings. The molecule has 1 aromatic heterocycles. The monoisotopic (exact) mass is 445 g/mol. The minimum atomic E-state index is -0.225. The summed E-state index contributed by atoms with van der Waals surface area (Å²) in [6.45, 7) is 5.39. The summed E-state index contributed by atoms with van der Waals surface area (Å²) in [7, 11) is 0. The van der Waals surface area contributed by atoms with Gasteiger partial charge in [-0.1, -0.05) is 37.8 Å². The van der Waals surface area contributed by atoms with Crippen LogP contribution in [0.2, 0.25) is 0 Å². The van der Waals surface area contributed by atoms with Gasteiger partial charge in [-0.2, -0.15) is 4.37 Å². The number of carbonyl (C=O) groups excluding carboxylic acids is 1. The number of nitrogens with zero attached hydrogens (tertiary/aromatic N) is 4. The fourth-order valence-corrected chi connectivity index (χ4v) is 5.21. The Labute approximate surface area is 188 Å². The number of anilines is 1. The molecule has 1 N–H and O–H groups in total. The maximum Gasteiger partial charge on any atom is 0.220 e. The van der Waals surface area contributed by atoms with Crippen molar-refractivity contribution in [2.75, 3.05) is 44.2 Å². The third-order valence-electron chi connectivity index (χ3n) is 6.38. The molecule has 2 aliphatic rings. The van der Waals surface area contributed by atoms with Gasteiger partial charge in [0.15, 0.2) is 0 Å². The van der Waals surface area contributed by atoms with Crippen LogP contribution in [0.1, 0.15) is 49.9 Å². The Morgan fingerprint density at radius 3 is 2.61 bits per heavy atom. The number of nitrogens with one attached hydrogen (secondary N) is 1. The molecule has 2 heterocycles. The van der Waals surface area contributed by atoms with Gasteiger partial charge in [0.05, 0.1) is 0 Å². The summed E-state index contributed by atoms with van der Waals surface area (Å²) in [6, 6.07) is 6.50. The molecule has 1 amide bonds. The number of amides is 1. The van der Waals surface area contributed by atoms with E-state index in [1.165, 1.54) is 49.3 Å². The van der Waals surface area contributed by atoms with Crippen LogP contribution >= 0.6 is 11.5 Å². The first-order valence-electron chi connectivity index (χ1n) is 11.5. The maximum absolute atomic E-state index is 13.1. The molecule has 1 aliphatic heterocycles. The largest absolute Gasteiger partial charge is 0.355 e. The average Bonchev–Trinajstić information content (AvgIpc) is 3.47. The van der Waals surface area contributed by atoms with Crippen molar-refractivity contribution in [3.05, 3.63) is 41.5 Å². The first kappa shape index (κ1) is 22.1. The molecule has 0 atom stereocenters. The van der Waals surface area contributed by atoms with Gasteiger partial charge in [0.1, 0.15) is 11.6 Å². The van der Waals surface area contributed by atoms with E-state index in [0.29, 0.717) is 12.8 Å². The lowest BCUT2D eigenvalue weighted by atomic mass is 10.0. The van der Waals surface area contributed by atoms with Crippen molar-refractivity contribution in [2.24, 2.45) is 5.92 Å². The second-order valence-corrected chi connectivity index (χ2v) is 9.39. The molecule has 1 saturated heterocycles. The van der Waals surface area contributed by atoms with Crippen LogP contribution in [-0.4, -0.2) is 59.4 Å². The van der Waals surface area contributed by atoms with Gasteiger partial charge < -0.3 is 10.2 Å². The summed E-state index contributed by atoms with van der Waals surface area (Å²) >= 11 is 1.43. The van der Waals surface area contributed by atoms with Gasteiger partial charge in [0.25, 0.3) is 0 Å². The fourth-order valence-electron chi connectivity index (χ4n) is 4.47. The summed E-state index contributed by atoms with van der Waals surface area (Å²) in [5.74, 6) is 1.54.